The van der Waals surface area contributed by atoms with Gasteiger partial charge in [0.05, 0.1) is 12.1 Å². The number of hydrogen-bond donors (Lipinski definition) is 2. The molecule has 4 rings (SSSR count). The number of alkyl carbamates (subject to hydrolysis) is 1. The van der Waals surface area contributed by atoms with E-state index in [1.54, 1.807) is 27.7 Å². The van der Waals surface area contributed by atoms with E-state index in [1.807, 2.05) is 36.4 Å². The van der Waals surface area contributed by atoms with Crippen molar-refractivity contribution in [3.63, 3.8) is 0 Å². The van der Waals surface area contributed by atoms with Gasteiger partial charge in [-0.15, -0.1) is 0 Å². The summed E-state index contributed by atoms with van der Waals surface area (Å²) >= 11 is 0. The van der Waals surface area contributed by atoms with Gasteiger partial charge in [-0.05, 0) is 62.3 Å². The predicted octanol–water partition coefficient (Wildman–Crippen LogP) is 5.94. The van der Waals surface area contributed by atoms with Crippen LogP contribution in [0.1, 0.15) is 76.8 Å². The Hall–Kier alpha value is -3.55. The van der Waals surface area contributed by atoms with E-state index < -0.39 is 41.9 Å². The predicted molar refractivity (Wildman–Crippen MR) is 144 cm³/mol. The molecule has 2 aliphatic carbocycles. The van der Waals surface area contributed by atoms with Crippen LogP contribution in [0.3, 0.4) is 0 Å². The summed E-state index contributed by atoms with van der Waals surface area (Å²) in [5, 5.41) is 12.9. The largest absolute Gasteiger partial charge is 0.480 e. The van der Waals surface area contributed by atoms with Gasteiger partial charge in [0.15, 0.2) is 0 Å². The third-order valence-corrected chi connectivity index (χ3v) is 7.34. The van der Waals surface area contributed by atoms with E-state index in [-0.39, 0.29) is 18.9 Å². The summed E-state index contributed by atoms with van der Waals surface area (Å²) in [4.78, 5) is 39.9. The molecule has 2 amide bonds. The zero-order chi connectivity index (χ0) is 27.4. The van der Waals surface area contributed by atoms with Gasteiger partial charge in [0.1, 0.15) is 18.2 Å². The van der Waals surface area contributed by atoms with Crippen molar-refractivity contribution >= 4 is 18.2 Å². The first-order valence-corrected chi connectivity index (χ1v) is 13.5. The molecule has 0 aliphatic heterocycles. The Labute approximate surface area is 224 Å². The van der Waals surface area contributed by atoms with E-state index in [1.165, 1.54) is 4.90 Å². The van der Waals surface area contributed by atoms with E-state index >= 15 is 0 Å². The quantitative estimate of drug-likeness (QED) is 0.467. The number of ether oxygens (including phenoxy) is 2. The number of hydrogen-bond acceptors (Lipinski definition) is 5. The highest BCUT2D eigenvalue weighted by atomic mass is 16.6. The molecule has 3 atom stereocenters. The Bertz CT molecular complexity index is 1130. The lowest BCUT2D eigenvalue weighted by molar-refractivity contribution is -0.144. The summed E-state index contributed by atoms with van der Waals surface area (Å²) in [6.07, 6.45) is 1.82. The van der Waals surface area contributed by atoms with Gasteiger partial charge in [0, 0.05) is 5.92 Å². The molecule has 0 saturated heterocycles. The SMILES string of the molecule is CCC(C(=O)O)N(C(=O)OCC1c2ccccc2-c2ccccc21)[C@@H]1CCCC[C@H]1NC(=O)OC(C)(C)C. The van der Waals surface area contributed by atoms with Crippen molar-refractivity contribution < 1.29 is 29.0 Å². The minimum Gasteiger partial charge on any atom is -0.480 e. The van der Waals surface area contributed by atoms with Crippen LogP contribution in [0.2, 0.25) is 0 Å². The van der Waals surface area contributed by atoms with E-state index in [0.29, 0.717) is 12.8 Å². The van der Waals surface area contributed by atoms with Crippen molar-refractivity contribution in [1.82, 2.24) is 10.2 Å². The standard InChI is InChI=1S/C30H38N2O6/c1-5-25(27(33)34)32(26-17-11-10-16-24(26)31-28(35)38-30(2,3)4)29(36)37-18-23-21-14-8-6-12-19(21)20-13-7-9-15-22(20)23/h6-9,12-15,23-26H,5,10-11,16-18H2,1-4H3,(H,31,35)(H,33,34)/t24-,25?,26-/m1/s1. The molecular weight excluding hydrogens is 484 g/mol. The molecule has 2 N–H and O–H groups in total. The molecule has 38 heavy (non-hydrogen) atoms. The van der Waals surface area contributed by atoms with Gasteiger partial charge in [-0.1, -0.05) is 68.3 Å². The highest BCUT2D eigenvalue weighted by Gasteiger charge is 2.42. The molecule has 2 aromatic rings. The van der Waals surface area contributed by atoms with Crippen LogP contribution in [0.5, 0.6) is 0 Å². The summed E-state index contributed by atoms with van der Waals surface area (Å²) in [6, 6.07) is 14.1. The number of benzene rings is 2. The first-order chi connectivity index (χ1) is 18.1. The number of aliphatic carboxylic acids is 1. The molecule has 0 spiro atoms. The monoisotopic (exact) mass is 522 g/mol. The van der Waals surface area contributed by atoms with E-state index in [0.717, 1.165) is 35.1 Å². The second kappa shape index (κ2) is 11.5. The Kier molecular flexibility index (Phi) is 8.29. The van der Waals surface area contributed by atoms with Gasteiger partial charge in [-0.25, -0.2) is 14.4 Å². The molecule has 8 nitrogen and oxygen atoms in total. The third kappa shape index (κ3) is 5.95. The number of amides is 2. The van der Waals surface area contributed by atoms with Gasteiger partial charge in [-0.2, -0.15) is 0 Å². The number of carbonyl (C=O) groups is 3. The number of carboxylic acids is 1. The smallest absolute Gasteiger partial charge is 0.410 e. The number of carbonyl (C=O) groups excluding carboxylic acids is 2. The fourth-order valence-electron chi connectivity index (χ4n) is 5.72. The first kappa shape index (κ1) is 27.5. The maximum Gasteiger partial charge on any atom is 0.410 e. The zero-order valence-electron chi connectivity index (χ0n) is 22.6. The van der Waals surface area contributed by atoms with Crippen molar-refractivity contribution in [1.29, 1.82) is 0 Å². The lowest BCUT2D eigenvalue weighted by Crippen LogP contribution is -2.60. The van der Waals surface area contributed by atoms with Crippen LogP contribution in [-0.2, 0) is 14.3 Å². The molecule has 8 heteroatoms. The van der Waals surface area contributed by atoms with Gasteiger partial charge in [-0.3, -0.25) is 4.90 Å². The zero-order valence-corrected chi connectivity index (χ0v) is 22.6. The average molecular weight is 523 g/mol. The highest BCUT2D eigenvalue weighted by molar-refractivity contribution is 5.81. The van der Waals surface area contributed by atoms with Crippen LogP contribution in [0, 0.1) is 0 Å². The van der Waals surface area contributed by atoms with Crippen LogP contribution < -0.4 is 5.32 Å². The van der Waals surface area contributed by atoms with Crippen LogP contribution in [0.4, 0.5) is 9.59 Å². The molecule has 204 valence electrons. The van der Waals surface area contributed by atoms with Gasteiger partial charge in [0.2, 0.25) is 0 Å². The molecule has 2 aliphatic rings. The molecular formula is C30H38N2O6. The Morgan fingerprint density at radius 3 is 2.13 bits per heavy atom. The minimum atomic E-state index is -1.09. The topological polar surface area (TPSA) is 105 Å². The van der Waals surface area contributed by atoms with E-state index in [4.69, 9.17) is 9.47 Å². The Balaban J connectivity index is 1.57. The lowest BCUT2D eigenvalue weighted by Gasteiger charge is -2.42. The molecule has 1 saturated carbocycles. The summed E-state index contributed by atoms with van der Waals surface area (Å²) in [5.41, 5.74) is 3.73. The van der Waals surface area contributed by atoms with Crippen LogP contribution in [-0.4, -0.2) is 58.5 Å². The van der Waals surface area contributed by atoms with Crippen LogP contribution in [0.15, 0.2) is 48.5 Å². The molecule has 0 heterocycles. The molecule has 0 radical (unpaired) electrons. The van der Waals surface area contributed by atoms with Crippen molar-refractivity contribution in [3.05, 3.63) is 59.7 Å². The van der Waals surface area contributed by atoms with Crippen LogP contribution >= 0.6 is 0 Å². The van der Waals surface area contributed by atoms with Crippen molar-refractivity contribution in [3.8, 4) is 11.1 Å². The molecule has 2 aromatic carbocycles. The minimum absolute atomic E-state index is 0.0935. The first-order valence-electron chi connectivity index (χ1n) is 13.5. The summed E-state index contributed by atoms with van der Waals surface area (Å²) in [6.45, 7) is 7.18. The van der Waals surface area contributed by atoms with Crippen molar-refractivity contribution in [2.45, 2.75) is 89.4 Å². The van der Waals surface area contributed by atoms with Crippen molar-refractivity contribution in [2.75, 3.05) is 6.61 Å². The van der Waals surface area contributed by atoms with Crippen molar-refractivity contribution in [2.24, 2.45) is 0 Å². The second-order valence-corrected chi connectivity index (χ2v) is 11.1. The summed E-state index contributed by atoms with van der Waals surface area (Å²) in [5.74, 6) is -1.23. The van der Waals surface area contributed by atoms with E-state index in [9.17, 15) is 19.5 Å². The van der Waals surface area contributed by atoms with Gasteiger partial charge in [0.25, 0.3) is 0 Å². The number of rotatable bonds is 7. The molecule has 1 unspecified atom stereocenters. The fourth-order valence-corrected chi connectivity index (χ4v) is 5.72. The number of fused-ring (bicyclic) bond motifs is 3. The highest BCUT2D eigenvalue weighted by Crippen LogP contribution is 2.44. The number of carboxylic acid groups (broad SMARTS) is 1. The summed E-state index contributed by atoms with van der Waals surface area (Å²) in [7, 11) is 0. The lowest BCUT2D eigenvalue weighted by atomic mass is 9.88. The Morgan fingerprint density at radius 2 is 1.58 bits per heavy atom. The maximum absolute atomic E-state index is 13.7. The van der Waals surface area contributed by atoms with Crippen LogP contribution in [0.25, 0.3) is 11.1 Å². The number of nitrogens with one attached hydrogen (secondary N) is 1. The normalized spacial score (nSPS) is 19.6. The van der Waals surface area contributed by atoms with E-state index in [2.05, 4.69) is 17.4 Å². The molecule has 1 fully saturated rings. The van der Waals surface area contributed by atoms with Gasteiger partial charge >= 0.3 is 18.2 Å². The van der Waals surface area contributed by atoms with Gasteiger partial charge < -0.3 is 19.9 Å². The third-order valence-electron chi connectivity index (χ3n) is 7.34. The summed E-state index contributed by atoms with van der Waals surface area (Å²) < 4.78 is 11.3. The fraction of sp³-hybridized carbons (Fsp3) is 0.500. The molecule has 0 bridgehead atoms. The second-order valence-electron chi connectivity index (χ2n) is 11.1. The number of nitrogens with zero attached hydrogens (tertiary/aromatic N) is 1. The Morgan fingerprint density at radius 1 is 1.00 bits per heavy atom. The maximum atomic E-state index is 13.7. The molecule has 0 aromatic heterocycles. The average Bonchev–Trinajstić information content (AvgIpc) is 3.18.